The molecule has 3 amide bonds. The lowest BCUT2D eigenvalue weighted by Gasteiger charge is -2.30. The van der Waals surface area contributed by atoms with Gasteiger partial charge >= 0.3 is 6.09 Å². The fraction of sp³-hybridized carbons (Fsp3) is 0.769. The summed E-state index contributed by atoms with van der Waals surface area (Å²) >= 11 is 1.52. The lowest BCUT2D eigenvalue weighted by molar-refractivity contribution is -0.133. The van der Waals surface area contributed by atoms with Crippen LogP contribution in [0.3, 0.4) is 0 Å². The van der Waals surface area contributed by atoms with E-state index in [1.807, 2.05) is 27.8 Å². The monoisotopic (exact) mass is 504 g/mol. The van der Waals surface area contributed by atoms with Crippen molar-refractivity contribution in [2.75, 3.05) is 25.5 Å². The first-order valence-corrected chi connectivity index (χ1v) is 14.0. The molecule has 2 unspecified atom stereocenters. The molecule has 2 aliphatic carbocycles. The van der Waals surface area contributed by atoms with E-state index in [0.29, 0.717) is 30.6 Å². The normalized spacial score (nSPS) is 23.0. The van der Waals surface area contributed by atoms with Gasteiger partial charge in [-0.05, 0) is 65.2 Å². The van der Waals surface area contributed by atoms with Crippen molar-refractivity contribution in [1.82, 2.24) is 14.8 Å². The first kappa shape index (κ1) is 25.9. The molecule has 194 valence electrons. The zero-order valence-electron chi connectivity index (χ0n) is 21.6. The summed E-state index contributed by atoms with van der Waals surface area (Å²) in [5.41, 5.74) is 0.289. The van der Waals surface area contributed by atoms with E-state index < -0.39 is 5.60 Å². The van der Waals surface area contributed by atoms with Crippen molar-refractivity contribution in [3.63, 3.8) is 0 Å². The summed E-state index contributed by atoms with van der Waals surface area (Å²) < 4.78 is 5.50. The molecule has 3 aliphatic rings. The predicted molar refractivity (Wildman–Crippen MR) is 137 cm³/mol. The minimum Gasteiger partial charge on any atom is -0.444 e. The second-order valence-corrected chi connectivity index (χ2v) is 12.4. The largest absolute Gasteiger partial charge is 0.444 e. The summed E-state index contributed by atoms with van der Waals surface area (Å²) in [6, 6.07) is -0.0336. The van der Waals surface area contributed by atoms with Gasteiger partial charge in [-0.25, -0.2) is 9.78 Å². The Morgan fingerprint density at radius 2 is 1.86 bits per heavy atom. The Morgan fingerprint density at radius 1 is 1.11 bits per heavy atom. The average molecular weight is 505 g/mol. The highest BCUT2D eigenvalue weighted by atomic mass is 32.1. The average Bonchev–Trinajstić information content (AvgIpc) is 3.44. The summed E-state index contributed by atoms with van der Waals surface area (Å²) in [6.45, 7) is 6.64. The Bertz CT molecular complexity index is 934. The standard InChI is InChI=1S/C26H40N4O4S/c1-26(2,3)34-25(33)30-14-13-18(16-30)29(4)23(32)19-11-8-12-20-22(19)28-24(35-20)27-21(31)15-17-9-6-5-7-10-17/h17-19H,5-16H2,1-4H3,(H,27,28,31). The minimum atomic E-state index is -0.538. The van der Waals surface area contributed by atoms with Crippen LogP contribution in [0.5, 0.6) is 0 Å². The highest BCUT2D eigenvalue weighted by Crippen LogP contribution is 2.38. The lowest BCUT2D eigenvalue weighted by atomic mass is 9.87. The maximum atomic E-state index is 13.5. The van der Waals surface area contributed by atoms with Crippen LogP contribution in [0, 0.1) is 5.92 Å². The van der Waals surface area contributed by atoms with Crippen molar-refractivity contribution >= 4 is 34.4 Å². The maximum absolute atomic E-state index is 13.5. The number of carbonyl (C=O) groups is 3. The number of hydrogen-bond acceptors (Lipinski definition) is 6. The van der Waals surface area contributed by atoms with Gasteiger partial charge in [-0.15, -0.1) is 11.3 Å². The molecule has 35 heavy (non-hydrogen) atoms. The summed E-state index contributed by atoms with van der Waals surface area (Å²) in [5.74, 6) is 0.274. The molecular formula is C26H40N4O4S. The van der Waals surface area contributed by atoms with Crippen LogP contribution in [0.1, 0.15) is 95.0 Å². The number of nitrogens with zero attached hydrogens (tertiary/aromatic N) is 3. The molecule has 1 N–H and O–H groups in total. The van der Waals surface area contributed by atoms with E-state index in [4.69, 9.17) is 9.72 Å². The Balaban J connectivity index is 1.36. The number of likely N-dealkylation sites (tertiary alicyclic amines) is 1. The van der Waals surface area contributed by atoms with Gasteiger partial charge in [0.1, 0.15) is 5.60 Å². The summed E-state index contributed by atoms with van der Waals surface area (Å²) in [6.07, 6.45) is 9.56. The van der Waals surface area contributed by atoms with Gasteiger partial charge in [0.15, 0.2) is 5.13 Å². The van der Waals surface area contributed by atoms with Gasteiger partial charge < -0.3 is 19.9 Å². The number of likely N-dealkylation sites (N-methyl/N-ethyl adjacent to an activating group) is 1. The van der Waals surface area contributed by atoms with Crippen molar-refractivity contribution in [3.8, 4) is 0 Å². The van der Waals surface area contributed by atoms with E-state index in [1.165, 1.54) is 30.6 Å². The van der Waals surface area contributed by atoms with Gasteiger partial charge in [0.05, 0.1) is 17.7 Å². The summed E-state index contributed by atoms with van der Waals surface area (Å²) in [7, 11) is 1.83. The van der Waals surface area contributed by atoms with Crippen molar-refractivity contribution < 1.29 is 19.1 Å². The molecule has 1 saturated carbocycles. The molecule has 0 aromatic carbocycles. The van der Waals surface area contributed by atoms with Gasteiger partial charge in [-0.3, -0.25) is 9.59 Å². The van der Waals surface area contributed by atoms with E-state index in [1.54, 1.807) is 9.80 Å². The number of amides is 3. The fourth-order valence-corrected chi connectivity index (χ4v) is 6.59. The van der Waals surface area contributed by atoms with Crippen LogP contribution in [0.25, 0.3) is 0 Å². The summed E-state index contributed by atoms with van der Waals surface area (Å²) in [4.78, 5) is 47.9. The topological polar surface area (TPSA) is 91.8 Å². The zero-order valence-corrected chi connectivity index (χ0v) is 22.4. The molecular weight excluding hydrogens is 464 g/mol. The highest BCUT2D eigenvalue weighted by molar-refractivity contribution is 7.15. The number of thiazole rings is 1. The molecule has 2 fully saturated rings. The van der Waals surface area contributed by atoms with Crippen LogP contribution >= 0.6 is 11.3 Å². The number of fused-ring (bicyclic) bond motifs is 1. The summed E-state index contributed by atoms with van der Waals surface area (Å²) in [5, 5.41) is 3.63. The number of ether oxygens (including phenoxy) is 1. The highest BCUT2D eigenvalue weighted by Gasteiger charge is 2.38. The number of hydrogen-bond donors (Lipinski definition) is 1. The zero-order chi connectivity index (χ0) is 25.2. The molecule has 1 aliphatic heterocycles. The molecule has 2 heterocycles. The Labute approximate surface area is 212 Å². The molecule has 9 heteroatoms. The van der Waals surface area contributed by atoms with Gasteiger partial charge in [-0.2, -0.15) is 0 Å². The Hall–Kier alpha value is -2.16. The van der Waals surface area contributed by atoms with Crippen LogP contribution in [-0.2, 0) is 20.7 Å². The molecule has 1 aromatic rings. The number of carbonyl (C=O) groups excluding carboxylic acids is 3. The van der Waals surface area contributed by atoms with Crippen LogP contribution < -0.4 is 5.32 Å². The van der Waals surface area contributed by atoms with Crippen LogP contribution in [-0.4, -0.2) is 64.5 Å². The molecule has 1 saturated heterocycles. The maximum Gasteiger partial charge on any atom is 0.410 e. The number of nitrogens with one attached hydrogen (secondary N) is 1. The van der Waals surface area contributed by atoms with Gasteiger partial charge in [0, 0.05) is 31.4 Å². The number of rotatable bonds is 5. The Morgan fingerprint density at radius 3 is 2.57 bits per heavy atom. The second kappa shape index (κ2) is 10.8. The first-order chi connectivity index (χ1) is 16.6. The molecule has 2 atom stereocenters. The molecule has 0 spiro atoms. The Kier molecular flexibility index (Phi) is 8.03. The predicted octanol–water partition coefficient (Wildman–Crippen LogP) is 4.94. The SMILES string of the molecule is CN(C(=O)C1CCCc2sc(NC(=O)CC3CCCCC3)nc21)C1CCN(C(=O)OC(C)(C)C)C1. The quantitative estimate of drug-likeness (QED) is 0.613. The van der Waals surface area contributed by atoms with Gasteiger partial charge in [0.2, 0.25) is 11.8 Å². The van der Waals surface area contributed by atoms with Crippen molar-refractivity contribution in [2.24, 2.45) is 5.92 Å². The number of aromatic nitrogens is 1. The van der Waals surface area contributed by atoms with Crippen molar-refractivity contribution in [3.05, 3.63) is 10.6 Å². The number of aryl methyl sites for hydroxylation is 1. The van der Waals surface area contributed by atoms with Crippen LogP contribution in [0.4, 0.5) is 9.93 Å². The number of anilines is 1. The fourth-order valence-electron chi connectivity index (χ4n) is 5.51. The van der Waals surface area contributed by atoms with Gasteiger partial charge in [-0.1, -0.05) is 19.3 Å². The first-order valence-electron chi connectivity index (χ1n) is 13.1. The minimum absolute atomic E-state index is 0.0336. The van der Waals surface area contributed by atoms with E-state index in [2.05, 4.69) is 5.32 Å². The molecule has 8 nitrogen and oxygen atoms in total. The van der Waals surface area contributed by atoms with Gasteiger partial charge in [0.25, 0.3) is 0 Å². The van der Waals surface area contributed by atoms with E-state index in [9.17, 15) is 14.4 Å². The smallest absolute Gasteiger partial charge is 0.410 e. The van der Waals surface area contributed by atoms with Crippen molar-refractivity contribution in [1.29, 1.82) is 0 Å². The molecule has 4 rings (SSSR count). The van der Waals surface area contributed by atoms with Crippen molar-refractivity contribution in [2.45, 2.75) is 103 Å². The van der Waals surface area contributed by atoms with Crippen LogP contribution in [0.15, 0.2) is 0 Å². The molecule has 0 bridgehead atoms. The van der Waals surface area contributed by atoms with E-state index >= 15 is 0 Å². The third-order valence-corrected chi connectivity index (χ3v) is 8.45. The second-order valence-electron chi connectivity index (χ2n) is 11.3. The molecule has 0 radical (unpaired) electrons. The van der Waals surface area contributed by atoms with E-state index in [0.717, 1.165) is 49.1 Å². The lowest BCUT2D eigenvalue weighted by Crippen LogP contribution is -2.43. The third kappa shape index (κ3) is 6.54. The third-order valence-electron chi connectivity index (χ3n) is 7.41. The van der Waals surface area contributed by atoms with Crippen LogP contribution in [0.2, 0.25) is 0 Å². The van der Waals surface area contributed by atoms with E-state index in [-0.39, 0.29) is 29.9 Å². The molecule has 1 aromatic heterocycles.